The second-order valence-electron chi connectivity index (χ2n) is 9.33. The molecular weight excluding hydrogens is 428 g/mol. The van der Waals surface area contributed by atoms with Crippen molar-refractivity contribution in [2.45, 2.75) is 62.4 Å². The molecule has 0 spiro atoms. The van der Waals surface area contributed by atoms with Crippen molar-refractivity contribution in [1.82, 2.24) is 30.3 Å². The van der Waals surface area contributed by atoms with E-state index >= 15 is 4.39 Å². The van der Waals surface area contributed by atoms with Crippen molar-refractivity contribution in [3.63, 3.8) is 0 Å². The van der Waals surface area contributed by atoms with E-state index in [1.165, 1.54) is 18.3 Å². The summed E-state index contributed by atoms with van der Waals surface area (Å²) in [5.41, 5.74) is 0.951. The Hall–Kier alpha value is -3.14. The Kier molecular flexibility index (Phi) is 4.79. The lowest BCUT2D eigenvalue weighted by Gasteiger charge is -2.40. The molecule has 0 radical (unpaired) electrons. The number of aromatic nitrogens is 5. The summed E-state index contributed by atoms with van der Waals surface area (Å²) in [5.74, 6) is -0.0240. The van der Waals surface area contributed by atoms with Gasteiger partial charge in [0.2, 0.25) is 0 Å². The highest BCUT2D eigenvalue weighted by Gasteiger charge is 2.48. The number of piperidine rings is 1. The fraction of sp³-hybridized carbons (Fsp3) is 0.478. The summed E-state index contributed by atoms with van der Waals surface area (Å²) in [6.07, 6.45) is 8.39. The summed E-state index contributed by atoms with van der Waals surface area (Å²) in [6, 6.07) is 2.78. The number of nitrogens with one attached hydrogen (secondary N) is 1. The topological polar surface area (TPSA) is 92.0 Å². The minimum Gasteiger partial charge on any atom is -0.507 e. The maximum atomic E-state index is 15.2. The number of hydrogen-bond acceptors (Lipinski definition) is 7. The Bertz CT molecular complexity index is 1180. The van der Waals surface area contributed by atoms with Crippen molar-refractivity contribution >= 4 is 5.82 Å². The Balaban J connectivity index is 1.29. The van der Waals surface area contributed by atoms with Crippen LogP contribution in [0.25, 0.3) is 22.5 Å². The number of benzene rings is 1. The SMILES string of the molecule is Cn1cc(-c2cc(O)c(-c3ncc(N(C4CC4)C4C[C@H]5CC[C@H](N5)C4F)nn3)cc2F)cn1. The normalized spacial score (nSPS) is 26.5. The van der Waals surface area contributed by atoms with Gasteiger partial charge in [-0.1, -0.05) is 0 Å². The second kappa shape index (κ2) is 7.72. The van der Waals surface area contributed by atoms with Gasteiger partial charge in [0.25, 0.3) is 0 Å². The number of halogens is 2. The summed E-state index contributed by atoms with van der Waals surface area (Å²) in [4.78, 5) is 6.41. The van der Waals surface area contributed by atoms with E-state index in [4.69, 9.17) is 0 Å². The number of hydrogen-bond donors (Lipinski definition) is 2. The van der Waals surface area contributed by atoms with Crippen molar-refractivity contribution < 1.29 is 13.9 Å². The molecule has 4 atom stereocenters. The number of rotatable bonds is 5. The van der Waals surface area contributed by atoms with E-state index < -0.39 is 12.0 Å². The molecule has 2 aliphatic heterocycles. The van der Waals surface area contributed by atoms with Crippen molar-refractivity contribution in [3.8, 4) is 28.3 Å². The van der Waals surface area contributed by atoms with Crippen LogP contribution in [0.3, 0.4) is 0 Å². The van der Waals surface area contributed by atoms with Gasteiger partial charge in [0.1, 0.15) is 17.7 Å². The van der Waals surface area contributed by atoms with Gasteiger partial charge in [0.15, 0.2) is 11.6 Å². The summed E-state index contributed by atoms with van der Waals surface area (Å²) in [7, 11) is 1.74. The summed E-state index contributed by atoms with van der Waals surface area (Å²) >= 11 is 0. The number of fused-ring (bicyclic) bond motifs is 2. The Morgan fingerprint density at radius 1 is 1.12 bits per heavy atom. The zero-order valence-corrected chi connectivity index (χ0v) is 18.2. The van der Waals surface area contributed by atoms with Gasteiger partial charge in [-0.3, -0.25) is 4.68 Å². The molecule has 3 aliphatic rings. The van der Waals surface area contributed by atoms with E-state index in [0.29, 0.717) is 17.4 Å². The highest BCUT2D eigenvalue weighted by atomic mass is 19.1. The maximum Gasteiger partial charge on any atom is 0.185 e. The first-order valence-corrected chi connectivity index (χ1v) is 11.4. The average Bonchev–Trinajstić information content (AvgIpc) is 3.41. The molecule has 8 nitrogen and oxygen atoms in total. The molecule has 2 saturated heterocycles. The van der Waals surface area contributed by atoms with Gasteiger partial charge in [-0.05, 0) is 44.2 Å². The number of anilines is 1. The first-order chi connectivity index (χ1) is 16.0. The quantitative estimate of drug-likeness (QED) is 0.614. The lowest BCUT2D eigenvalue weighted by atomic mass is 9.96. The van der Waals surface area contributed by atoms with Crippen LogP contribution in [0.2, 0.25) is 0 Å². The van der Waals surface area contributed by atoms with Crippen molar-refractivity contribution in [2.24, 2.45) is 7.05 Å². The van der Waals surface area contributed by atoms with Gasteiger partial charge >= 0.3 is 0 Å². The lowest BCUT2D eigenvalue weighted by molar-refractivity contribution is 0.171. The van der Waals surface area contributed by atoms with E-state index in [1.807, 2.05) is 4.90 Å². The fourth-order valence-corrected chi connectivity index (χ4v) is 5.26. The Labute approximate surface area is 189 Å². The van der Waals surface area contributed by atoms with Gasteiger partial charge in [0, 0.05) is 42.5 Å². The van der Waals surface area contributed by atoms with E-state index in [2.05, 4.69) is 25.6 Å². The molecule has 3 aromatic rings. The molecule has 1 aliphatic carbocycles. The zero-order valence-electron chi connectivity index (χ0n) is 18.2. The predicted octanol–water partition coefficient (Wildman–Crippen LogP) is 2.98. The minimum absolute atomic E-state index is 0.103. The number of nitrogens with zero attached hydrogens (tertiary/aromatic N) is 6. The molecule has 2 unspecified atom stereocenters. The largest absolute Gasteiger partial charge is 0.507 e. The molecule has 4 heterocycles. The number of aromatic hydroxyl groups is 1. The monoisotopic (exact) mass is 453 g/mol. The number of alkyl halides is 1. The molecule has 1 aromatic carbocycles. The molecule has 2 bridgehead atoms. The molecule has 3 fully saturated rings. The van der Waals surface area contributed by atoms with E-state index in [1.54, 1.807) is 24.1 Å². The van der Waals surface area contributed by atoms with Crippen LogP contribution >= 0.6 is 0 Å². The third-order valence-corrected chi connectivity index (χ3v) is 7.01. The van der Waals surface area contributed by atoms with E-state index in [0.717, 1.165) is 32.1 Å². The van der Waals surface area contributed by atoms with Gasteiger partial charge in [-0.25, -0.2) is 13.8 Å². The molecule has 2 aromatic heterocycles. The first-order valence-electron chi connectivity index (χ1n) is 11.4. The molecule has 1 saturated carbocycles. The van der Waals surface area contributed by atoms with Crippen LogP contribution in [-0.2, 0) is 7.05 Å². The van der Waals surface area contributed by atoms with Gasteiger partial charge in [0.05, 0.1) is 24.0 Å². The molecule has 0 amide bonds. The third kappa shape index (κ3) is 3.62. The van der Waals surface area contributed by atoms with Gasteiger partial charge in [-0.15, -0.1) is 10.2 Å². The van der Waals surface area contributed by atoms with Crippen LogP contribution in [0.4, 0.5) is 14.6 Å². The molecule has 6 rings (SSSR count). The third-order valence-electron chi connectivity index (χ3n) is 7.01. The first kappa shape index (κ1) is 20.5. The molecule has 10 heteroatoms. The number of phenolic OH excluding ortho intramolecular Hbond substituents is 1. The summed E-state index contributed by atoms with van der Waals surface area (Å²) < 4.78 is 31.6. The highest BCUT2D eigenvalue weighted by molar-refractivity contribution is 5.73. The summed E-state index contributed by atoms with van der Waals surface area (Å²) in [6.45, 7) is 0. The summed E-state index contributed by atoms with van der Waals surface area (Å²) in [5, 5.41) is 26.5. The number of aryl methyl sites for hydroxylation is 1. The molecular formula is C23H25F2N7O. The van der Waals surface area contributed by atoms with Crippen LogP contribution in [0.5, 0.6) is 5.75 Å². The van der Waals surface area contributed by atoms with E-state index in [-0.39, 0.29) is 40.8 Å². The smallest absolute Gasteiger partial charge is 0.185 e. The standard InChI is InChI=1S/C23H25F2N7O/c1-31-11-12(9-27-31)15-8-20(33)16(7-17(15)24)23-26-10-21(29-30-23)32(14-3-4-14)19-6-13-2-5-18(28-13)22(19)25/h7-11,13-14,18-19,22,28,33H,2-6H2,1H3/t13-,18+,19?,22?/m1/s1. The Morgan fingerprint density at radius 3 is 2.67 bits per heavy atom. The molecule has 2 N–H and O–H groups in total. The molecule has 33 heavy (non-hydrogen) atoms. The Morgan fingerprint density at radius 2 is 1.97 bits per heavy atom. The van der Waals surface area contributed by atoms with Crippen LogP contribution in [-0.4, -0.2) is 60.4 Å². The van der Waals surface area contributed by atoms with Crippen molar-refractivity contribution in [1.29, 1.82) is 0 Å². The fourth-order valence-electron chi connectivity index (χ4n) is 5.26. The van der Waals surface area contributed by atoms with E-state index in [9.17, 15) is 9.50 Å². The highest BCUT2D eigenvalue weighted by Crippen LogP contribution is 2.40. The van der Waals surface area contributed by atoms with Gasteiger partial charge < -0.3 is 15.3 Å². The second-order valence-corrected chi connectivity index (χ2v) is 9.33. The minimum atomic E-state index is -0.969. The van der Waals surface area contributed by atoms with Crippen molar-refractivity contribution in [2.75, 3.05) is 4.90 Å². The van der Waals surface area contributed by atoms with Crippen molar-refractivity contribution in [3.05, 3.63) is 36.5 Å². The van der Waals surface area contributed by atoms with Crippen LogP contribution in [0.1, 0.15) is 32.1 Å². The zero-order chi connectivity index (χ0) is 22.7. The average molecular weight is 453 g/mol. The predicted molar refractivity (Wildman–Crippen MR) is 118 cm³/mol. The van der Waals surface area contributed by atoms with Crippen LogP contribution in [0.15, 0.2) is 30.7 Å². The molecule has 172 valence electrons. The van der Waals surface area contributed by atoms with Crippen LogP contribution < -0.4 is 10.2 Å². The van der Waals surface area contributed by atoms with Gasteiger partial charge in [-0.2, -0.15) is 5.10 Å². The number of phenols is 1. The maximum absolute atomic E-state index is 15.2. The lowest BCUT2D eigenvalue weighted by Crippen LogP contribution is -2.57. The van der Waals surface area contributed by atoms with Crippen LogP contribution in [0, 0.1) is 5.82 Å².